The number of aliphatic hydroxyl groups excluding tert-OH is 1. The molecule has 5 N–H and O–H groups in total. The van der Waals surface area contributed by atoms with Crippen molar-refractivity contribution < 1.29 is 14.7 Å². The standard InChI is InChI=1S/C8H15N3O3/c9-2-6(12)4-11-3-5(8(10)14)1-7(11)13/h5-6,12H,1-4,9H2,(H2,10,14). The summed E-state index contributed by atoms with van der Waals surface area (Å²) in [6, 6.07) is 0. The van der Waals surface area contributed by atoms with Gasteiger partial charge in [0.15, 0.2) is 0 Å². The first-order valence-corrected chi connectivity index (χ1v) is 4.49. The van der Waals surface area contributed by atoms with Crippen LogP contribution in [0.15, 0.2) is 0 Å². The Labute approximate surface area is 81.8 Å². The number of hydrogen-bond donors (Lipinski definition) is 3. The third-order valence-corrected chi connectivity index (χ3v) is 2.32. The lowest BCUT2D eigenvalue weighted by Gasteiger charge is -2.18. The first kappa shape index (κ1) is 10.9. The number of carbonyl (C=O) groups excluding carboxylic acids is 2. The number of primary amides is 1. The van der Waals surface area contributed by atoms with Gasteiger partial charge in [0.25, 0.3) is 0 Å². The normalized spacial score (nSPS) is 24.0. The minimum absolute atomic E-state index is 0.102. The number of carbonyl (C=O) groups is 2. The van der Waals surface area contributed by atoms with Gasteiger partial charge in [-0.05, 0) is 0 Å². The summed E-state index contributed by atoms with van der Waals surface area (Å²) in [5, 5.41) is 9.23. The number of nitrogens with zero attached hydrogens (tertiary/aromatic N) is 1. The van der Waals surface area contributed by atoms with E-state index in [1.807, 2.05) is 0 Å². The molecule has 0 spiro atoms. The van der Waals surface area contributed by atoms with E-state index < -0.39 is 17.9 Å². The largest absolute Gasteiger partial charge is 0.390 e. The zero-order valence-electron chi connectivity index (χ0n) is 7.85. The zero-order chi connectivity index (χ0) is 10.7. The third kappa shape index (κ3) is 2.43. The molecule has 1 aliphatic rings. The summed E-state index contributed by atoms with van der Waals surface area (Å²) < 4.78 is 0. The van der Waals surface area contributed by atoms with Crippen LogP contribution < -0.4 is 11.5 Å². The number of likely N-dealkylation sites (tertiary alicyclic amines) is 1. The van der Waals surface area contributed by atoms with Gasteiger partial charge in [0.05, 0.1) is 12.0 Å². The molecule has 80 valence electrons. The maximum atomic E-state index is 11.3. The van der Waals surface area contributed by atoms with Crippen molar-refractivity contribution in [1.82, 2.24) is 4.90 Å². The topological polar surface area (TPSA) is 110 Å². The van der Waals surface area contributed by atoms with Gasteiger partial charge in [0.1, 0.15) is 0 Å². The minimum Gasteiger partial charge on any atom is -0.390 e. The van der Waals surface area contributed by atoms with Crippen LogP contribution in [0.25, 0.3) is 0 Å². The molecule has 0 aromatic carbocycles. The lowest BCUT2D eigenvalue weighted by atomic mass is 10.1. The molecule has 0 saturated carbocycles. The van der Waals surface area contributed by atoms with Gasteiger partial charge >= 0.3 is 0 Å². The van der Waals surface area contributed by atoms with E-state index in [4.69, 9.17) is 11.5 Å². The van der Waals surface area contributed by atoms with Crippen LogP contribution in [0.1, 0.15) is 6.42 Å². The Bertz CT molecular complexity index is 244. The fraction of sp³-hybridized carbons (Fsp3) is 0.750. The smallest absolute Gasteiger partial charge is 0.223 e. The van der Waals surface area contributed by atoms with E-state index in [1.165, 1.54) is 4.90 Å². The van der Waals surface area contributed by atoms with E-state index in [9.17, 15) is 14.7 Å². The second kappa shape index (κ2) is 4.39. The third-order valence-electron chi connectivity index (χ3n) is 2.32. The highest BCUT2D eigenvalue weighted by Gasteiger charge is 2.33. The van der Waals surface area contributed by atoms with E-state index in [0.717, 1.165) is 0 Å². The molecule has 0 aliphatic carbocycles. The van der Waals surface area contributed by atoms with Gasteiger partial charge in [0.2, 0.25) is 11.8 Å². The fourth-order valence-electron chi connectivity index (χ4n) is 1.47. The van der Waals surface area contributed by atoms with Gasteiger partial charge < -0.3 is 21.5 Å². The number of rotatable bonds is 4. The molecule has 0 radical (unpaired) electrons. The van der Waals surface area contributed by atoms with Crippen LogP contribution in [-0.4, -0.2) is 47.6 Å². The van der Waals surface area contributed by atoms with E-state index in [-0.39, 0.29) is 25.4 Å². The van der Waals surface area contributed by atoms with Crippen LogP contribution >= 0.6 is 0 Å². The lowest BCUT2D eigenvalue weighted by molar-refractivity contribution is -0.129. The summed E-state index contributed by atoms with van der Waals surface area (Å²) >= 11 is 0. The minimum atomic E-state index is -0.731. The summed E-state index contributed by atoms with van der Waals surface area (Å²) in [4.78, 5) is 23.5. The van der Waals surface area contributed by atoms with E-state index in [0.29, 0.717) is 6.54 Å². The second-order valence-electron chi connectivity index (χ2n) is 3.49. The Morgan fingerprint density at radius 1 is 1.71 bits per heavy atom. The predicted molar refractivity (Wildman–Crippen MR) is 48.9 cm³/mol. The Kier molecular flexibility index (Phi) is 3.43. The first-order valence-electron chi connectivity index (χ1n) is 4.49. The molecular weight excluding hydrogens is 186 g/mol. The van der Waals surface area contributed by atoms with Gasteiger partial charge in [-0.1, -0.05) is 0 Å². The van der Waals surface area contributed by atoms with Gasteiger partial charge in [-0.15, -0.1) is 0 Å². The van der Waals surface area contributed by atoms with Crippen molar-refractivity contribution in [2.45, 2.75) is 12.5 Å². The van der Waals surface area contributed by atoms with Crippen molar-refractivity contribution >= 4 is 11.8 Å². The van der Waals surface area contributed by atoms with Gasteiger partial charge in [-0.2, -0.15) is 0 Å². The molecule has 2 amide bonds. The summed E-state index contributed by atoms with van der Waals surface area (Å²) in [6.07, 6.45) is -0.585. The molecule has 0 bridgehead atoms. The summed E-state index contributed by atoms with van der Waals surface area (Å²) in [5.41, 5.74) is 10.3. The highest BCUT2D eigenvalue weighted by atomic mass is 16.3. The Balaban J connectivity index is 2.48. The van der Waals surface area contributed by atoms with Crippen molar-refractivity contribution in [3.63, 3.8) is 0 Å². The molecule has 1 rings (SSSR count). The molecule has 1 fully saturated rings. The second-order valence-corrected chi connectivity index (χ2v) is 3.49. The molecule has 0 aromatic rings. The fourth-order valence-corrected chi connectivity index (χ4v) is 1.47. The SMILES string of the molecule is NCC(O)CN1CC(C(N)=O)CC1=O. The average Bonchev–Trinajstić information content (AvgIpc) is 2.48. The molecule has 1 saturated heterocycles. The number of β-amino-alcohol motifs (C(OH)–C–C–N with tert-alkyl or cyclic N) is 1. The van der Waals surface area contributed by atoms with Gasteiger partial charge in [0, 0.05) is 26.1 Å². The number of amides is 2. The lowest BCUT2D eigenvalue weighted by Crippen LogP contribution is -2.38. The quantitative estimate of drug-likeness (QED) is 0.472. The average molecular weight is 201 g/mol. The van der Waals surface area contributed by atoms with E-state index in [1.54, 1.807) is 0 Å². The molecule has 1 aliphatic heterocycles. The summed E-state index contributed by atoms with van der Waals surface area (Å²) in [7, 11) is 0. The first-order chi connectivity index (χ1) is 6.54. The van der Waals surface area contributed by atoms with Crippen molar-refractivity contribution in [3.05, 3.63) is 0 Å². The maximum absolute atomic E-state index is 11.3. The van der Waals surface area contributed by atoms with E-state index >= 15 is 0 Å². The molecular formula is C8H15N3O3. The van der Waals surface area contributed by atoms with Crippen LogP contribution in [0, 0.1) is 5.92 Å². The Morgan fingerprint density at radius 3 is 2.79 bits per heavy atom. The predicted octanol–water partition coefficient (Wildman–Crippen LogP) is -2.36. The maximum Gasteiger partial charge on any atom is 0.223 e. The van der Waals surface area contributed by atoms with Crippen LogP contribution in [0.2, 0.25) is 0 Å². The van der Waals surface area contributed by atoms with Crippen molar-refractivity contribution in [2.24, 2.45) is 17.4 Å². The number of aliphatic hydroxyl groups is 1. The molecule has 6 heteroatoms. The number of hydrogen-bond acceptors (Lipinski definition) is 4. The van der Waals surface area contributed by atoms with E-state index in [2.05, 4.69) is 0 Å². The molecule has 2 atom stereocenters. The molecule has 14 heavy (non-hydrogen) atoms. The zero-order valence-corrected chi connectivity index (χ0v) is 7.85. The monoisotopic (exact) mass is 201 g/mol. The van der Waals surface area contributed by atoms with Crippen molar-refractivity contribution in [2.75, 3.05) is 19.6 Å². The van der Waals surface area contributed by atoms with Crippen LogP contribution in [0.5, 0.6) is 0 Å². The number of nitrogens with two attached hydrogens (primary N) is 2. The highest BCUT2D eigenvalue weighted by Crippen LogP contribution is 2.17. The van der Waals surface area contributed by atoms with Crippen LogP contribution in [-0.2, 0) is 9.59 Å². The Morgan fingerprint density at radius 2 is 2.36 bits per heavy atom. The van der Waals surface area contributed by atoms with Gasteiger partial charge in [-0.25, -0.2) is 0 Å². The van der Waals surface area contributed by atoms with Gasteiger partial charge in [-0.3, -0.25) is 9.59 Å². The molecule has 0 aromatic heterocycles. The summed E-state index contributed by atoms with van der Waals surface area (Å²) in [5.74, 6) is -1.04. The van der Waals surface area contributed by atoms with Crippen molar-refractivity contribution in [1.29, 1.82) is 0 Å². The molecule has 1 heterocycles. The van der Waals surface area contributed by atoms with Crippen molar-refractivity contribution in [3.8, 4) is 0 Å². The molecule has 6 nitrogen and oxygen atoms in total. The van der Waals surface area contributed by atoms with Crippen LogP contribution in [0.4, 0.5) is 0 Å². The Hall–Kier alpha value is -1.14. The molecule has 2 unspecified atom stereocenters. The van der Waals surface area contributed by atoms with Crippen LogP contribution in [0.3, 0.4) is 0 Å². The summed E-state index contributed by atoms with van der Waals surface area (Å²) in [6.45, 7) is 0.579. The highest BCUT2D eigenvalue weighted by molar-refractivity contribution is 5.88.